The van der Waals surface area contributed by atoms with E-state index in [4.69, 9.17) is 4.74 Å². The summed E-state index contributed by atoms with van der Waals surface area (Å²) in [6, 6.07) is 6.59. The third-order valence-corrected chi connectivity index (χ3v) is 2.77. The number of H-pyrrole nitrogens is 1. The minimum Gasteiger partial charge on any atom is -0.444 e. The first kappa shape index (κ1) is 15.0. The molecule has 2 aromatic rings. The van der Waals surface area contributed by atoms with Crippen LogP contribution in [-0.4, -0.2) is 21.7 Å². The topological polar surface area (TPSA) is 84.1 Å². The number of para-hydroxylation sites is 1. The molecule has 0 unspecified atom stereocenters. The maximum Gasteiger partial charge on any atom is 0.408 e. The molecule has 1 atom stereocenters. The fourth-order valence-corrected chi connectivity index (χ4v) is 1.86. The molecule has 1 amide bonds. The maximum absolute atomic E-state index is 12.0. The Morgan fingerprint density at radius 1 is 1.33 bits per heavy atom. The van der Waals surface area contributed by atoms with Gasteiger partial charge in [-0.3, -0.25) is 4.79 Å². The number of benzene rings is 1. The molecule has 1 aromatic carbocycles. The zero-order valence-corrected chi connectivity index (χ0v) is 12.6. The van der Waals surface area contributed by atoms with Crippen LogP contribution >= 0.6 is 0 Å². The molecule has 21 heavy (non-hydrogen) atoms. The molecule has 0 bridgehead atoms. The van der Waals surface area contributed by atoms with Crippen molar-refractivity contribution in [2.75, 3.05) is 0 Å². The van der Waals surface area contributed by atoms with Gasteiger partial charge in [-0.2, -0.15) is 0 Å². The third kappa shape index (κ3) is 3.81. The maximum atomic E-state index is 12.0. The van der Waals surface area contributed by atoms with Gasteiger partial charge in [0.25, 0.3) is 5.56 Å². The van der Waals surface area contributed by atoms with Gasteiger partial charge in [-0.25, -0.2) is 9.78 Å². The summed E-state index contributed by atoms with van der Waals surface area (Å²) in [5.74, 6) is 0.393. The number of ether oxygens (including phenoxy) is 1. The predicted molar refractivity (Wildman–Crippen MR) is 80.1 cm³/mol. The van der Waals surface area contributed by atoms with Gasteiger partial charge in [0.05, 0.1) is 16.9 Å². The second-order valence-electron chi connectivity index (χ2n) is 5.84. The van der Waals surface area contributed by atoms with Gasteiger partial charge in [-0.05, 0) is 39.8 Å². The van der Waals surface area contributed by atoms with E-state index in [1.165, 1.54) is 0 Å². The van der Waals surface area contributed by atoms with Crippen molar-refractivity contribution in [2.24, 2.45) is 0 Å². The molecule has 112 valence electrons. The average molecular weight is 289 g/mol. The van der Waals surface area contributed by atoms with E-state index >= 15 is 0 Å². The number of hydrogen-bond acceptors (Lipinski definition) is 4. The van der Waals surface area contributed by atoms with Gasteiger partial charge in [-0.15, -0.1) is 0 Å². The SMILES string of the molecule is C[C@H](NC(=O)OC(C)(C)C)c1nc2ccccc2c(=O)[nH]1. The molecule has 2 N–H and O–H groups in total. The first-order chi connectivity index (χ1) is 9.76. The fraction of sp³-hybridized carbons (Fsp3) is 0.400. The fourth-order valence-electron chi connectivity index (χ4n) is 1.86. The highest BCUT2D eigenvalue weighted by Crippen LogP contribution is 2.12. The highest BCUT2D eigenvalue weighted by Gasteiger charge is 2.19. The van der Waals surface area contributed by atoms with Crippen LogP contribution in [0.2, 0.25) is 0 Å². The number of amides is 1. The van der Waals surface area contributed by atoms with Crippen molar-refractivity contribution in [3.05, 3.63) is 40.4 Å². The number of alkyl carbamates (subject to hydrolysis) is 1. The first-order valence-corrected chi connectivity index (χ1v) is 6.75. The van der Waals surface area contributed by atoms with E-state index in [9.17, 15) is 9.59 Å². The van der Waals surface area contributed by atoms with Crippen LogP contribution in [0.3, 0.4) is 0 Å². The van der Waals surface area contributed by atoms with Crippen molar-refractivity contribution in [1.29, 1.82) is 0 Å². The molecule has 1 aromatic heterocycles. The Labute approximate surface area is 122 Å². The van der Waals surface area contributed by atoms with Gasteiger partial charge in [0, 0.05) is 0 Å². The Morgan fingerprint density at radius 2 is 2.00 bits per heavy atom. The van der Waals surface area contributed by atoms with E-state index in [0.717, 1.165) is 0 Å². The largest absolute Gasteiger partial charge is 0.444 e. The van der Waals surface area contributed by atoms with E-state index in [1.54, 1.807) is 45.9 Å². The van der Waals surface area contributed by atoms with E-state index in [0.29, 0.717) is 16.7 Å². The van der Waals surface area contributed by atoms with Crippen LogP contribution < -0.4 is 10.9 Å². The molecule has 0 spiro atoms. The Morgan fingerprint density at radius 3 is 2.67 bits per heavy atom. The van der Waals surface area contributed by atoms with Crippen molar-refractivity contribution >= 4 is 17.0 Å². The lowest BCUT2D eigenvalue weighted by Crippen LogP contribution is -2.35. The van der Waals surface area contributed by atoms with Crippen LogP contribution in [0.4, 0.5) is 4.79 Å². The first-order valence-electron chi connectivity index (χ1n) is 6.75. The Hall–Kier alpha value is -2.37. The normalized spacial score (nSPS) is 13.0. The van der Waals surface area contributed by atoms with Gasteiger partial charge < -0.3 is 15.0 Å². The Bertz CT molecular complexity index is 716. The van der Waals surface area contributed by atoms with E-state index in [2.05, 4.69) is 15.3 Å². The van der Waals surface area contributed by atoms with Crippen molar-refractivity contribution < 1.29 is 9.53 Å². The molecule has 1 heterocycles. The van der Waals surface area contributed by atoms with Crippen LogP contribution in [0.5, 0.6) is 0 Å². The summed E-state index contributed by atoms with van der Waals surface area (Å²) in [5, 5.41) is 3.17. The lowest BCUT2D eigenvalue weighted by atomic mass is 10.2. The van der Waals surface area contributed by atoms with Gasteiger partial charge >= 0.3 is 6.09 Å². The number of nitrogens with zero attached hydrogens (tertiary/aromatic N) is 1. The molecule has 6 heteroatoms. The number of nitrogens with one attached hydrogen (secondary N) is 2. The second kappa shape index (κ2) is 5.55. The van der Waals surface area contributed by atoms with Crippen molar-refractivity contribution in [3.8, 4) is 0 Å². The number of aromatic amines is 1. The summed E-state index contributed by atoms with van der Waals surface area (Å²) in [6.07, 6.45) is -0.550. The van der Waals surface area contributed by atoms with Gasteiger partial charge in [0.1, 0.15) is 11.4 Å². The molecular formula is C15H19N3O3. The quantitative estimate of drug-likeness (QED) is 0.889. The van der Waals surface area contributed by atoms with Crippen molar-refractivity contribution in [1.82, 2.24) is 15.3 Å². The summed E-state index contributed by atoms with van der Waals surface area (Å²) >= 11 is 0. The Kier molecular flexibility index (Phi) is 3.97. The lowest BCUT2D eigenvalue weighted by molar-refractivity contribution is 0.0506. The van der Waals surface area contributed by atoms with Crippen LogP contribution in [0.15, 0.2) is 29.1 Å². The van der Waals surface area contributed by atoms with Crippen LogP contribution in [-0.2, 0) is 4.74 Å². The number of hydrogen-bond donors (Lipinski definition) is 2. The smallest absolute Gasteiger partial charge is 0.408 e. The zero-order chi connectivity index (χ0) is 15.6. The summed E-state index contributed by atoms with van der Waals surface area (Å²) < 4.78 is 5.18. The summed E-state index contributed by atoms with van der Waals surface area (Å²) in [4.78, 5) is 30.8. The summed E-state index contributed by atoms with van der Waals surface area (Å²) in [7, 11) is 0. The zero-order valence-electron chi connectivity index (χ0n) is 12.6. The predicted octanol–water partition coefficient (Wildman–Crippen LogP) is 2.51. The molecule has 0 aliphatic carbocycles. The standard InChI is InChI=1S/C15H19N3O3/c1-9(16-14(20)21-15(2,3)4)12-17-11-8-6-5-7-10(11)13(19)18-12/h5-9H,1-4H3,(H,16,20)(H,17,18,19)/t9-/m0/s1. The molecule has 0 fully saturated rings. The second-order valence-corrected chi connectivity index (χ2v) is 5.84. The molecule has 0 aliphatic heterocycles. The summed E-state index contributed by atoms with van der Waals surface area (Å²) in [5.41, 5.74) is -0.212. The average Bonchev–Trinajstić information content (AvgIpc) is 2.36. The number of fused-ring (bicyclic) bond motifs is 1. The molecule has 0 radical (unpaired) electrons. The van der Waals surface area contributed by atoms with E-state index < -0.39 is 17.7 Å². The molecule has 0 aliphatic rings. The Balaban J connectivity index is 2.22. The van der Waals surface area contributed by atoms with Gasteiger partial charge in [0.2, 0.25) is 0 Å². The number of carbonyl (C=O) groups excluding carboxylic acids is 1. The highest BCUT2D eigenvalue weighted by molar-refractivity contribution is 5.77. The van der Waals surface area contributed by atoms with Gasteiger partial charge in [-0.1, -0.05) is 12.1 Å². The molecule has 0 saturated heterocycles. The number of rotatable bonds is 2. The summed E-state index contributed by atoms with van der Waals surface area (Å²) in [6.45, 7) is 7.09. The molecule has 6 nitrogen and oxygen atoms in total. The highest BCUT2D eigenvalue weighted by atomic mass is 16.6. The van der Waals surface area contributed by atoms with Crippen LogP contribution in [0, 0.1) is 0 Å². The van der Waals surface area contributed by atoms with E-state index in [1.807, 2.05) is 6.07 Å². The minimum atomic E-state index is -0.575. The van der Waals surface area contributed by atoms with E-state index in [-0.39, 0.29) is 5.56 Å². The van der Waals surface area contributed by atoms with Crippen molar-refractivity contribution in [3.63, 3.8) is 0 Å². The minimum absolute atomic E-state index is 0.228. The monoisotopic (exact) mass is 289 g/mol. The molecule has 0 saturated carbocycles. The third-order valence-electron chi connectivity index (χ3n) is 2.77. The number of aromatic nitrogens is 2. The molecular weight excluding hydrogens is 270 g/mol. The van der Waals surface area contributed by atoms with Crippen LogP contribution in [0.1, 0.15) is 39.6 Å². The molecule has 2 rings (SSSR count). The number of carbonyl (C=O) groups is 1. The van der Waals surface area contributed by atoms with Gasteiger partial charge in [0.15, 0.2) is 0 Å². The van der Waals surface area contributed by atoms with Crippen LogP contribution in [0.25, 0.3) is 10.9 Å². The van der Waals surface area contributed by atoms with Crippen molar-refractivity contribution in [2.45, 2.75) is 39.3 Å². The lowest BCUT2D eigenvalue weighted by Gasteiger charge is -2.21.